The summed E-state index contributed by atoms with van der Waals surface area (Å²) < 4.78 is 44.3. The van der Waals surface area contributed by atoms with Crippen molar-refractivity contribution in [2.24, 2.45) is 0 Å². The highest BCUT2D eigenvalue weighted by Crippen LogP contribution is 2.31. The molecule has 0 spiro atoms. The Morgan fingerprint density at radius 2 is 1.68 bits per heavy atom. The molecule has 0 aliphatic rings. The topological polar surface area (TPSA) is 90.1 Å². The van der Waals surface area contributed by atoms with Crippen LogP contribution in [0.3, 0.4) is 0 Å². The summed E-state index contributed by atoms with van der Waals surface area (Å²) in [5.41, 5.74) is 6.46. The van der Waals surface area contributed by atoms with Crippen molar-refractivity contribution < 1.29 is 22.7 Å². The number of nitrogens with two attached hydrogens (primary N) is 1. The fourth-order valence-electron chi connectivity index (χ4n) is 2.89. The molecule has 2 aromatic heterocycles. The lowest BCUT2D eigenvalue weighted by molar-refractivity contribution is -0.137. The predicted octanol–water partition coefficient (Wildman–Crippen LogP) is 5.28. The number of halogens is 3. The number of nitrogens with zero attached hydrogens (tertiary/aromatic N) is 2. The lowest BCUT2D eigenvalue weighted by Gasteiger charge is -2.11. The molecule has 2 aromatic carbocycles. The maximum absolute atomic E-state index is 12.8. The van der Waals surface area contributed by atoms with E-state index in [9.17, 15) is 18.0 Å². The van der Waals surface area contributed by atoms with E-state index in [1.807, 2.05) is 0 Å². The van der Waals surface area contributed by atoms with Crippen LogP contribution in [0.4, 0.5) is 24.7 Å². The van der Waals surface area contributed by atoms with Crippen molar-refractivity contribution in [1.82, 2.24) is 9.97 Å². The minimum atomic E-state index is -4.52. The third-order valence-electron chi connectivity index (χ3n) is 4.40. The SMILES string of the molecule is Nc1ccc2nccc(Oc3ccc(C(=O)Nc4cc(C(F)(F)F)ccn4)cc3)c2c1. The Morgan fingerprint density at radius 3 is 2.42 bits per heavy atom. The van der Waals surface area contributed by atoms with Crippen LogP contribution >= 0.6 is 0 Å². The monoisotopic (exact) mass is 424 g/mol. The van der Waals surface area contributed by atoms with E-state index in [0.29, 0.717) is 17.2 Å². The van der Waals surface area contributed by atoms with Crippen molar-refractivity contribution >= 4 is 28.3 Å². The van der Waals surface area contributed by atoms with Crippen LogP contribution in [0.2, 0.25) is 0 Å². The first-order valence-electron chi connectivity index (χ1n) is 9.06. The number of carbonyl (C=O) groups is 1. The third kappa shape index (κ3) is 4.55. The van der Waals surface area contributed by atoms with Crippen LogP contribution in [-0.2, 0) is 6.18 Å². The molecule has 0 saturated heterocycles. The molecule has 0 atom stereocenters. The van der Waals surface area contributed by atoms with Crippen LogP contribution in [0.25, 0.3) is 10.9 Å². The number of fused-ring (bicyclic) bond motifs is 1. The number of ether oxygens (including phenoxy) is 1. The van der Waals surface area contributed by atoms with E-state index in [1.165, 1.54) is 12.1 Å². The Bertz CT molecular complexity index is 1260. The number of carbonyl (C=O) groups excluding carboxylic acids is 1. The number of amides is 1. The number of anilines is 2. The van der Waals surface area contributed by atoms with Gasteiger partial charge in [-0.25, -0.2) is 4.98 Å². The standard InChI is InChI=1S/C22H15F3N4O2/c23-22(24,25)14-7-9-28-20(11-14)29-21(30)13-1-4-16(5-2-13)31-19-8-10-27-18-6-3-15(26)12-17(18)19/h1-12H,26H2,(H,28,29,30). The van der Waals surface area contributed by atoms with E-state index in [1.54, 1.807) is 42.6 Å². The molecule has 0 unspecified atom stereocenters. The summed E-state index contributed by atoms with van der Waals surface area (Å²) in [6.07, 6.45) is -1.93. The zero-order chi connectivity index (χ0) is 22.0. The summed E-state index contributed by atoms with van der Waals surface area (Å²) in [6, 6.07) is 14.7. The zero-order valence-corrected chi connectivity index (χ0v) is 15.9. The number of nitrogen functional groups attached to an aromatic ring is 1. The molecule has 4 aromatic rings. The Labute approximate surface area is 174 Å². The first-order valence-corrected chi connectivity index (χ1v) is 9.06. The molecule has 2 heterocycles. The van der Waals surface area contributed by atoms with Gasteiger partial charge in [-0.15, -0.1) is 0 Å². The number of aromatic nitrogens is 2. The predicted molar refractivity (Wildman–Crippen MR) is 110 cm³/mol. The molecule has 0 radical (unpaired) electrons. The van der Waals surface area contributed by atoms with E-state index in [4.69, 9.17) is 10.5 Å². The van der Waals surface area contributed by atoms with Crippen molar-refractivity contribution in [2.45, 2.75) is 6.18 Å². The second kappa shape index (κ2) is 7.94. The molecule has 4 rings (SSSR count). The number of hydrogen-bond donors (Lipinski definition) is 2. The van der Waals surface area contributed by atoms with Crippen LogP contribution < -0.4 is 15.8 Å². The minimum absolute atomic E-state index is 0.194. The molecule has 0 aliphatic heterocycles. The maximum Gasteiger partial charge on any atom is 0.416 e. The smallest absolute Gasteiger partial charge is 0.416 e. The molecule has 31 heavy (non-hydrogen) atoms. The highest BCUT2D eigenvalue weighted by molar-refractivity contribution is 6.03. The van der Waals surface area contributed by atoms with Gasteiger partial charge in [-0.05, 0) is 60.7 Å². The summed E-state index contributed by atoms with van der Waals surface area (Å²) in [6.45, 7) is 0. The summed E-state index contributed by atoms with van der Waals surface area (Å²) in [7, 11) is 0. The molecule has 6 nitrogen and oxygen atoms in total. The molecule has 9 heteroatoms. The number of nitrogens with one attached hydrogen (secondary N) is 1. The van der Waals surface area contributed by atoms with E-state index >= 15 is 0 Å². The lowest BCUT2D eigenvalue weighted by atomic mass is 10.1. The van der Waals surface area contributed by atoms with Gasteiger partial charge in [0.25, 0.3) is 5.91 Å². The third-order valence-corrected chi connectivity index (χ3v) is 4.40. The van der Waals surface area contributed by atoms with Gasteiger partial charge >= 0.3 is 6.18 Å². The van der Waals surface area contributed by atoms with Gasteiger partial charge in [0.2, 0.25) is 0 Å². The number of benzene rings is 2. The fraction of sp³-hybridized carbons (Fsp3) is 0.0455. The van der Waals surface area contributed by atoms with E-state index < -0.39 is 17.6 Å². The van der Waals surface area contributed by atoms with Crippen molar-refractivity contribution in [2.75, 3.05) is 11.1 Å². The van der Waals surface area contributed by atoms with Crippen LogP contribution in [0.5, 0.6) is 11.5 Å². The van der Waals surface area contributed by atoms with E-state index in [0.717, 1.165) is 29.2 Å². The van der Waals surface area contributed by atoms with Gasteiger partial charge in [0.1, 0.15) is 17.3 Å². The lowest BCUT2D eigenvalue weighted by Crippen LogP contribution is -2.14. The van der Waals surface area contributed by atoms with Crippen molar-refractivity contribution in [3.05, 3.63) is 84.2 Å². The normalized spacial score (nSPS) is 11.3. The fourth-order valence-corrected chi connectivity index (χ4v) is 2.89. The molecular formula is C22H15F3N4O2. The quantitative estimate of drug-likeness (QED) is 0.435. The molecular weight excluding hydrogens is 409 g/mol. The Kier molecular flexibility index (Phi) is 5.16. The van der Waals surface area contributed by atoms with Crippen LogP contribution in [-0.4, -0.2) is 15.9 Å². The van der Waals surface area contributed by atoms with Gasteiger partial charge in [-0.3, -0.25) is 9.78 Å². The highest BCUT2D eigenvalue weighted by Gasteiger charge is 2.30. The summed E-state index contributed by atoms with van der Waals surface area (Å²) in [5.74, 6) is 0.216. The van der Waals surface area contributed by atoms with Crippen LogP contribution in [0.1, 0.15) is 15.9 Å². The maximum atomic E-state index is 12.8. The molecule has 0 saturated carbocycles. The number of alkyl halides is 3. The molecule has 0 bridgehead atoms. The van der Waals surface area contributed by atoms with Gasteiger partial charge in [0, 0.05) is 29.0 Å². The van der Waals surface area contributed by atoms with Gasteiger partial charge in [-0.2, -0.15) is 13.2 Å². The summed E-state index contributed by atoms with van der Waals surface area (Å²) in [4.78, 5) is 20.4. The van der Waals surface area contributed by atoms with Gasteiger partial charge in [-0.1, -0.05) is 0 Å². The first-order chi connectivity index (χ1) is 14.8. The zero-order valence-electron chi connectivity index (χ0n) is 15.9. The van der Waals surface area contributed by atoms with E-state index in [2.05, 4.69) is 15.3 Å². The van der Waals surface area contributed by atoms with Crippen molar-refractivity contribution in [3.8, 4) is 11.5 Å². The second-order valence-electron chi connectivity index (χ2n) is 6.59. The Morgan fingerprint density at radius 1 is 0.935 bits per heavy atom. The average Bonchev–Trinajstić information content (AvgIpc) is 2.74. The van der Waals surface area contributed by atoms with Gasteiger partial charge in [0.15, 0.2) is 0 Å². The Balaban J connectivity index is 1.50. The largest absolute Gasteiger partial charge is 0.457 e. The molecule has 1 amide bonds. The molecule has 0 fully saturated rings. The number of rotatable bonds is 4. The van der Waals surface area contributed by atoms with Gasteiger partial charge in [0.05, 0.1) is 11.1 Å². The van der Waals surface area contributed by atoms with Crippen LogP contribution in [0, 0.1) is 0 Å². The summed E-state index contributed by atoms with van der Waals surface area (Å²) in [5, 5.41) is 3.09. The molecule has 3 N–H and O–H groups in total. The van der Waals surface area contributed by atoms with E-state index in [-0.39, 0.29) is 11.4 Å². The summed E-state index contributed by atoms with van der Waals surface area (Å²) >= 11 is 0. The van der Waals surface area contributed by atoms with Gasteiger partial charge < -0.3 is 15.8 Å². The Hall–Kier alpha value is -4.14. The average molecular weight is 424 g/mol. The van der Waals surface area contributed by atoms with Crippen LogP contribution in [0.15, 0.2) is 73.1 Å². The first kappa shape index (κ1) is 20.1. The molecule has 156 valence electrons. The minimum Gasteiger partial charge on any atom is -0.457 e. The number of hydrogen-bond acceptors (Lipinski definition) is 5. The van der Waals surface area contributed by atoms with Crippen molar-refractivity contribution in [3.63, 3.8) is 0 Å². The molecule has 0 aliphatic carbocycles. The second-order valence-corrected chi connectivity index (χ2v) is 6.59. The number of pyridine rings is 2. The highest BCUT2D eigenvalue weighted by atomic mass is 19.4. The van der Waals surface area contributed by atoms with Crippen molar-refractivity contribution in [1.29, 1.82) is 0 Å².